The van der Waals surface area contributed by atoms with E-state index in [1.54, 1.807) is 6.07 Å². The molecule has 2 aromatic carbocycles. The molecule has 0 saturated carbocycles. The molecule has 0 aliphatic carbocycles. The van der Waals surface area contributed by atoms with E-state index in [0.29, 0.717) is 19.8 Å². The van der Waals surface area contributed by atoms with E-state index in [4.69, 9.17) is 18.0 Å². The molecule has 0 radical (unpaired) electrons. The predicted molar refractivity (Wildman–Crippen MR) is 128 cm³/mol. The molecule has 172 valence electrons. The van der Waals surface area contributed by atoms with Gasteiger partial charge in [0.1, 0.15) is 11.5 Å². The number of hydrogen-bond acceptors (Lipinski definition) is 5. The topological polar surface area (TPSA) is 57.2 Å². The molecule has 0 heterocycles. The highest BCUT2D eigenvalue weighted by Gasteiger charge is 2.39. The Balaban J connectivity index is 2.12. The minimum Gasteiger partial charge on any atom is -0.508 e. The average Bonchev–Trinajstić information content (AvgIpc) is 2.75. The molecule has 0 aliphatic heterocycles. The summed E-state index contributed by atoms with van der Waals surface area (Å²) in [4.78, 5) is 0. The third-order valence-electron chi connectivity index (χ3n) is 5.04. The van der Waals surface area contributed by atoms with Gasteiger partial charge in [0.25, 0.3) is 0 Å². The van der Waals surface area contributed by atoms with Crippen molar-refractivity contribution in [3.8, 4) is 22.6 Å². The van der Waals surface area contributed by atoms with Gasteiger partial charge in [-0.2, -0.15) is 0 Å². The molecule has 0 aliphatic rings. The Hall–Kier alpha value is -1.86. The molecule has 1 N–H and O–H groups in total. The van der Waals surface area contributed by atoms with Crippen molar-refractivity contribution in [3.63, 3.8) is 0 Å². The number of rotatable bonds is 15. The van der Waals surface area contributed by atoms with Gasteiger partial charge in [0.15, 0.2) is 0 Å². The first-order chi connectivity index (χ1) is 15.1. The van der Waals surface area contributed by atoms with Crippen molar-refractivity contribution < 1.29 is 23.1 Å². The van der Waals surface area contributed by atoms with Crippen LogP contribution < -0.4 is 4.74 Å². The Kier molecular flexibility index (Phi) is 11.1. The van der Waals surface area contributed by atoms with Crippen LogP contribution >= 0.6 is 0 Å². The average molecular weight is 447 g/mol. The molecule has 5 nitrogen and oxygen atoms in total. The molecule has 0 fully saturated rings. The molecule has 0 spiro atoms. The fourth-order valence-electron chi connectivity index (χ4n) is 3.63. The van der Waals surface area contributed by atoms with Crippen LogP contribution in [0, 0.1) is 0 Å². The van der Waals surface area contributed by atoms with Crippen molar-refractivity contribution >= 4 is 8.80 Å². The monoisotopic (exact) mass is 446 g/mol. The molecule has 0 saturated heterocycles. The van der Waals surface area contributed by atoms with Crippen LogP contribution in [0.4, 0.5) is 0 Å². The first kappa shape index (κ1) is 25.4. The van der Waals surface area contributed by atoms with Crippen molar-refractivity contribution in [2.75, 3.05) is 26.4 Å². The Morgan fingerprint density at radius 2 is 1.45 bits per heavy atom. The largest absolute Gasteiger partial charge is 0.508 e. The summed E-state index contributed by atoms with van der Waals surface area (Å²) in [5, 5.41) is 10.1. The quantitative estimate of drug-likeness (QED) is 0.260. The van der Waals surface area contributed by atoms with Crippen molar-refractivity contribution in [2.45, 2.75) is 59.4 Å². The second kappa shape index (κ2) is 13.5. The lowest BCUT2D eigenvalue weighted by Gasteiger charge is -2.28. The van der Waals surface area contributed by atoms with E-state index in [0.717, 1.165) is 60.8 Å². The van der Waals surface area contributed by atoms with E-state index in [9.17, 15) is 5.11 Å². The van der Waals surface area contributed by atoms with Crippen LogP contribution in [0.15, 0.2) is 42.5 Å². The highest BCUT2D eigenvalue weighted by Crippen LogP contribution is 2.30. The smallest absolute Gasteiger partial charge is 0.500 e. The van der Waals surface area contributed by atoms with Crippen molar-refractivity contribution in [1.29, 1.82) is 0 Å². The van der Waals surface area contributed by atoms with Crippen LogP contribution in [0.25, 0.3) is 11.1 Å². The fourth-order valence-corrected chi connectivity index (χ4v) is 6.24. The van der Waals surface area contributed by atoms with Crippen LogP contribution in [0.2, 0.25) is 6.04 Å². The summed E-state index contributed by atoms with van der Waals surface area (Å²) < 4.78 is 23.7. The number of benzene rings is 2. The summed E-state index contributed by atoms with van der Waals surface area (Å²) in [6.45, 7) is 10.6. The Morgan fingerprint density at radius 3 is 2.03 bits per heavy atom. The number of ether oxygens (including phenoxy) is 1. The summed E-state index contributed by atoms with van der Waals surface area (Å²) in [5.74, 6) is 1.17. The molecule has 2 rings (SSSR count). The number of aromatic hydroxyl groups is 1. The molecule has 0 bridgehead atoms. The Labute approximate surface area is 188 Å². The predicted octanol–water partition coefficient (Wildman–Crippen LogP) is 6.22. The zero-order chi connectivity index (χ0) is 22.5. The normalized spacial score (nSPS) is 11.6. The number of aryl methyl sites for hydroxylation is 1. The lowest BCUT2D eigenvalue weighted by molar-refractivity contribution is 0.0708. The highest BCUT2D eigenvalue weighted by atomic mass is 28.4. The number of phenolic OH excluding ortho intramolecular Hbond substituents is 1. The minimum absolute atomic E-state index is 0.279. The van der Waals surface area contributed by atoms with Crippen molar-refractivity contribution in [2.24, 2.45) is 0 Å². The Morgan fingerprint density at radius 1 is 0.806 bits per heavy atom. The van der Waals surface area contributed by atoms with Crippen molar-refractivity contribution in [3.05, 3.63) is 48.0 Å². The number of hydrogen-bond donors (Lipinski definition) is 1. The lowest BCUT2D eigenvalue weighted by atomic mass is 9.96. The van der Waals surface area contributed by atoms with E-state index >= 15 is 0 Å². The maximum absolute atomic E-state index is 10.1. The van der Waals surface area contributed by atoms with Gasteiger partial charge in [0.2, 0.25) is 0 Å². The van der Waals surface area contributed by atoms with Crippen LogP contribution in [-0.2, 0) is 19.7 Å². The van der Waals surface area contributed by atoms with Gasteiger partial charge < -0.3 is 23.1 Å². The summed E-state index contributed by atoms with van der Waals surface area (Å²) >= 11 is 0. The molecule has 2 aromatic rings. The molecular formula is C25H38O5Si. The lowest BCUT2D eigenvalue weighted by Crippen LogP contribution is -2.46. The van der Waals surface area contributed by atoms with E-state index in [1.807, 2.05) is 45.0 Å². The molecule has 0 unspecified atom stereocenters. The van der Waals surface area contributed by atoms with E-state index in [1.165, 1.54) is 0 Å². The summed E-state index contributed by atoms with van der Waals surface area (Å²) in [6.07, 6.45) is 3.84. The van der Waals surface area contributed by atoms with E-state index in [-0.39, 0.29) is 5.75 Å². The minimum atomic E-state index is -2.66. The summed E-state index contributed by atoms with van der Waals surface area (Å²) in [5.41, 5.74) is 3.34. The first-order valence-corrected chi connectivity index (χ1v) is 13.5. The zero-order valence-corrected chi connectivity index (χ0v) is 20.5. The van der Waals surface area contributed by atoms with Gasteiger partial charge in [-0.05, 0) is 81.0 Å². The van der Waals surface area contributed by atoms with Crippen molar-refractivity contribution in [1.82, 2.24) is 0 Å². The molecule has 31 heavy (non-hydrogen) atoms. The van der Waals surface area contributed by atoms with Crippen LogP contribution in [0.5, 0.6) is 11.5 Å². The van der Waals surface area contributed by atoms with Gasteiger partial charge >= 0.3 is 8.80 Å². The molecule has 0 amide bonds. The fraction of sp³-hybridized carbons (Fsp3) is 0.520. The van der Waals surface area contributed by atoms with Crippen LogP contribution in [0.1, 0.15) is 52.5 Å². The van der Waals surface area contributed by atoms with Gasteiger partial charge in [-0.1, -0.05) is 31.5 Å². The Bertz CT molecular complexity index is 746. The second-order valence-electron chi connectivity index (χ2n) is 7.40. The highest BCUT2D eigenvalue weighted by molar-refractivity contribution is 6.60. The number of phenols is 1. The second-order valence-corrected chi connectivity index (χ2v) is 10.1. The first-order valence-electron chi connectivity index (χ1n) is 11.5. The number of unbranched alkanes of at least 4 members (excludes halogenated alkanes) is 1. The third-order valence-corrected chi connectivity index (χ3v) is 8.19. The maximum atomic E-state index is 10.1. The third kappa shape index (κ3) is 7.96. The van der Waals surface area contributed by atoms with Crippen LogP contribution in [-0.4, -0.2) is 40.3 Å². The van der Waals surface area contributed by atoms with E-state index < -0.39 is 8.80 Å². The maximum Gasteiger partial charge on any atom is 0.500 e. The van der Waals surface area contributed by atoms with Gasteiger partial charge in [-0.3, -0.25) is 0 Å². The van der Waals surface area contributed by atoms with Crippen LogP contribution in [0.3, 0.4) is 0 Å². The van der Waals surface area contributed by atoms with E-state index in [2.05, 4.69) is 19.1 Å². The van der Waals surface area contributed by atoms with Gasteiger partial charge in [0.05, 0.1) is 6.61 Å². The molecule has 0 aromatic heterocycles. The molecule has 0 atom stereocenters. The van der Waals surface area contributed by atoms with Gasteiger partial charge in [-0.25, -0.2) is 0 Å². The SMILES string of the molecule is CCCCOc1ccc(-c2ccc(O)cc2CCC[Si](OCC)(OCC)OCC)cc1. The molecule has 6 heteroatoms. The summed E-state index contributed by atoms with van der Waals surface area (Å²) in [6, 6.07) is 14.5. The van der Waals surface area contributed by atoms with Gasteiger partial charge in [-0.15, -0.1) is 0 Å². The standard InChI is InChI=1S/C25H38O5Si/c1-5-9-18-27-24-15-12-21(13-16-24)25-17-14-23(26)20-22(25)11-10-19-31(28-6-2,29-7-3)30-8-4/h12-17,20,26H,5-11,18-19H2,1-4H3. The molecular weight excluding hydrogens is 408 g/mol. The zero-order valence-electron chi connectivity index (χ0n) is 19.5. The summed E-state index contributed by atoms with van der Waals surface area (Å²) in [7, 11) is -2.66. The van der Waals surface area contributed by atoms with Gasteiger partial charge in [0, 0.05) is 25.9 Å².